The van der Waals surface area contributed by atoms with Gasteiger partial charge in [0, 0.05) is 35.2 Å². The van der Waals surface area contributed by atoms with E-state index in [1.807, 2.05) is 6.92 Å². The van der Waals surface area contributed by atoms with Crippen molar-refractivity contribution in [1.82, 2.24) is 4.90 Å². The Morgan fingerprint density at radius 1 is 0.913 bits per heavy atom. The zero-order chi connectivity index (χ0) is 34.1. The third-order valence-corrected chi connectivity index (χ3v) is 9.40. The minimum atomic E-state index is -4.13. The Hall–Kier alpha value is -2.65. The van der Waals surface area contributed by atoms with Crippen LogP contribution >= 0.6 is 23.2 Å². The second-order valence-electron chi connectivity index (χ2n) is 10.5. The van der Waals surface area contributed by atoms with Crippen LogP contribution in [-0.2, 0) is 26.8 Å². The lowest BCUT2D eigenvalue weighted by atomic mass is 10.1. The van der Waals surface area contributed by atoms with E-state index in [2.05, 4.69) is 25.7 Å². The van der Waals surface area contributed by atoms with E-state index in [4.69, 9.17) is 41.5 Å². The van der Waals surface area contributed by atoms with E-state index in [1.165, 1.54) is 19.6 Å². The Labute approximate surface area is 281 Å². The minimum absolute atomic E-state index is 0.148. The summed E-state index contributed by atoms with van der Waals surface area (Å²) in [5, 5.41) is 0.966. The third kappa shape index (κ3) is 11.3. The molecule has 4 rings (SSSR count). The van der Waals surface area contributed by atoms with Crippen LogP contribution in [0.1, 0.15) is 52.8 Å². The number of fused-ring (bicyclic) bond motifs is 2. The molecule has 1 aromatic heterocycles. The second-order valence-corrected chi connectivity index (χ2v) is 14.5. The maximum Gasteiger partial charge on any atom is 0.374 e. The molecule has 15 heteroatoms. The number of hydrogen-bond donors (Lipinski definition) is 2. The quantitative estimate of drug-likeness (QED) is 0.141. The lowest BCUT2D eigenvalue weighted by molar-refractivity contribution is -0.677. The Kier molecular flexibility index (Phi) is 13.9. The molecule has 46 heavy (non-hydrogen) atoms. The summed E-state index contributed by atoms with van der Waals surface area (Å²) in [5.74, 6) is 0.606. The molecule has 11 nitrogen and oxygen atoms in total. The van der Waals surface area contributed by atoms with Crippen LogP contribution < -0.4 is 14.2 Å². The molecule has 2 N–H and O–H groups in total. The number of rotatable bonds is 14. The van der Waals surface area contributed by atoms with Crippen LogP contribution in [0.3, 0.4) is 0 Å². The highest BCUT2D eigenvalue weighted by atomic mass is 35.5. The number of aryl methyl sites for hydroxylation is 1. The van der Waals surface area contributed by atoms with E-state index in [1.54, 1.807) is 58.0 Å². The molecule has 2 heterocycles. The first-order chi connectivity index (χ1) is 21.7. The van der Waals surface area contributed by atoms with Gasteiger partial charge in [-0.25, -0.2) is 0 Å². The van der Waals surface area contributed by atoms with Gasteiger partial charge < -0.3 is 19.0 Å². The number of hydrogen-bond acceptors (Lipinski definition) is 8. The first-order valence-corrected chi connectivity index (χ1v) is 19.1. The van der Waals surface area contributed by atoms with Crippen LogP contribution in [0.2, 0.25) is 10.0 Å². The number of allylic oxidation sites excluding steroid dienone is 2. The molecule has 0 spiro atoms. The predicted octanol–water partition coefficient (Wildman–Crippen LogP) is 6.46. The predicted molar refractivity (Wildman–Crippen MR) is 183 cm³/mol. The van der Waals surface area contributed by atoms with Gasteiger partial charge in [-0.3, -0.25) is 9.11 Å². The largest absolute Gasteiger partial charge is 0.439 e. The Balaban J connectivity index is 0.000000738. The molecule has 0 radical (unpaired) electrons. The van der Waals surface area contributed by atoms with Crippen LogP contribution in [0.15, 0.2) is 58.3 Å². The molecule has 0 amide bonds. The Bertz CT molecular complexity index is 1760. The number of oxazole rings is 1. The molecule has 2 aromatic carbocycles. The molecule has 0 fully saturated rings. The van der Waals surface area contributed by atoms with Crippen molar-refractivity contribution in [3.63, 3.8) is 0 Å². The molecule has 1 aliphatic rings. The van der Waals surface area contributed by atoms with Gasteiger partial charge in [-0.2, -0.15) is 21.4 Å². The summed E-state index contributed by atoms with van der Waals surface area (Å²) in [7, 11) is -8.25. The SMILES string of the molecule is CCC(=Cc1oc2ccc(Cl)cc2[n+]1CCCS(=O)(=O)O)C=C1Oc2ccc(Cl)cc2N1CCCS(=O)(=O)O.CCN(CC)CC. The van der Waals surface area contributed by atoms with Gasteiger partial charge in [0.25, 0.3) is 25.8 Å². The van der Waals surface area contributed by atoms with Crippen LogP contribution in [0.25, 0.3) is 17.2 Å². The third-order valence-electron chi connectivity index (χ3n) is 7.32. The van der Waals surface area contributed by atoms with Crippen molar-refractivity contribution >= 4 is 66.3 Å². The van der Waals surface area contributed by atoms with Crippen LogP contribution in [0.5, 0.6) is 5.75 Å². The molecule has 0 saturated carbocycles. The molecule has 0 unspecified atom stereocenters. The van der Waals surface area contributed by atoms with Gasteiger partial charge in [-0.15, -0.1) is 0 Å². The maximum atomic E-state index is 11.3. The van der Waals surface area contributed by atoms with Gasteiger partial charge in [0.2, 0.25) is 11.5 Å². The number of ether oxygens (including phenoxy) is 1. The van der Waals surface area contributed by atoms with Crippen molar-refractivity contribution in [3.05, 3.63) is 69.9 Å². The molecule has 0 bridgehead atoms. The van der Waals surface area contributed by atoms with Gasteiger partial charge >= 0.3 is 5.89 Å². The van der Waals surface area contributed by atoms with E-state index < -0.39 is 31.7 Å². The van der Waals surface area contributed by atoms with Crippen molar-refractivity contribution in [3.8, 4) is 5.75 Å². The number of nitrogens with zero attached hydrogens (tertiary/aromatic N) is 3. The van der Waals surface area contributed by atoms with Crippen LogP contribution in [0.4, 0.5) is 5.69 Å². The lowest BCUT2D eigenvalue weighted by Crippen LogP contribution is -2.36. The van der Waals surface area contributed by atoms with Gasteiger partial charge in [0.15, 0.2) is 12.3 Å². The summed E-state index contributed by atoms with van der Waals surface area (Å²) in [5.41, 5.74) is 2.67. The van der Waals surface area contributed by atoms with Gasteiger partial charge in [-0.1, -0.05) is 50.9 Å². The van der Waals surface area contributed by atoms with Crippen molar-refractivity contribution in [1.29, 1.82) is 0 Å². The fourth-order valence-corrected chi connectivity index (χ4v) is 6.19. The summed E-state index contributed by atoms with van der Waals surface area (Å²) in [6.07, 6.45) is 4.45. The molecule has 1 aliphatic heterocycles. The topological polar surface area (TPSA) is 141 Å². The van der Waals surface area contributed by atoms with Crippen molar-refractivity contribution < 1.29 is 39.7 Å². The summed E-state index contributed by atoms with van der Waals surface area (Å²) in [6.45, 7) is 12.6. The highest BCUT2D eigenvalue weighted by Gasteiger charge is 2.28. The average Bonchev–Trinajstić information content (AvgIpc) is 3.49. The Morgan fingerprint density at radius 2 is 1.52 bits per heavy atom. The van der Waals surface area contributed by atoms with Crippen LogP contribution in [0, 0.1) is 0 Å². The van der Waals surface area contributed by atoms with Gasteiger partial charge in [0.1, 0.15) is 0 Å². The zero-order valence-corrected chi connectivity index (χ0v) is 29.6. The summed E-state index contributed by atoms with van der Waals surface area (Å²) >= 11 is 12.4. The van der Waals surface area contributed by atoms with Crippen LogP contribution in [-0.4, -0.2) is 68.5 Å². The zero-order valence-electron chi connectivity index (χ0n) is 26.4. The fraction of sp³-hybridized carbons (Fsp3) is 0.452. The minimum Gasteiger partial charge on any atom is -0.439 e. The summed E-state index contributed by atoms with van der Waals surface area (Å²) in [6, 6.07) is 10.2. The number of halogens is 2. The smallest absolute Gasteiger partial charge is 0.374 e. The highest BCUT2D eigenvalue weighted by Crippen LogP contribution is 2.41. The monoisotopic (exact) mass is 718 g/mol. The van der Waals surface area contributed by atoms with E-state index in [-0.39, 0.29) is 25.9 Å². The van der Waals surface area contributed by atoms with E-state index >= 15 is 0 Å². The fourth-order valence-electron chi connectivity index (χ4n) is 4.87. The van der Waals surface area contributed by atoms with E-state index in [0.717, 1.165) is 5.57 Å². The molecule has 0 saturated heterocycles. The normalized spacial score (nSPS) is 14.5. The molecular weight excluding hydrogens is 677 g/mol. The first kappa shape index (κ1) is 37.8. The number of aromatic nitrogens is 1. The summed E-state index contributed by atoms with van der Waals surface area (Å²) in [4.78, 5) is 4.16. The summed E-state index contributed by atoms with van der Waals surface area (Å²) < 4.78 is 77.3. The molecular formula is C31H42Cl2N3O8S2+. The standard InChI is InChI=1S/C25H26Cl2N2O8S2.C6H15N/c1-2-17(13-24-28(9-3-11-38(30,31)32)20-15-18(26)5-7-22(20)36-24)14-25-29(10-4-12-39(33,34)35)21-16-19(27)6-8-23(21)37-25;1-4-7(5-2)6-3/h5-8,13-16H,2-4,9-12H2,1H3,(H-,30,31,32,33,34,35);4-6H2,1-3H3/p+1. The molecule has 3 aromatic rings. The van der Waals surface area contributed by atoms with Gasteiger partial charge in [0.05, 0.1) is 23.3 Å². The van der Waals surface area contributed by atoms with Crippen molar-refractivity contribution in [2.45, 2.75) is 53.5 Å². The maximum absolute atomic E-state index is 11.3. The number of benzene rings is 2. The average molecular weight is 720 g/mol. The van der Waals surface area contributed by atoms with Crippen molar-refractivity contribution in [2.24, 2.45) is 0 Å². The van der Waals surface area contributed by atoms with E-state index in [0.29, 0.717) is 50.8 Å². The number of anilines is 1. The Morgan fingerprint density at radius 3 is 2.11 bits per heavy atom. The molecule has 0 aliphatic carbocycles. The second kappa shape index (κ2) is 17.0. The lowest BCUT2D eigenvalue weighted by Gasteiger charge is -2.18. The first-order valence-electron chi connectivity index (χ1n) is 15.1. The molecule has 254 valence electrons. The van der Waals surface area contributed by atoms with Gasteiger partial charge in [-0.05, 0) is 68.4 Å². The van der Waals surface area contributed by atoms with Crippen molar-refractivity contribution in [2.75, 3.05) is 42.6 Å². The molecule has 0 atom stereocenters. The van der Waals surface area contributed by atoms with E-state index in [9.17, 15) is 16.8 Å². The highest BCUT2D eigenvalue weighted by molar-refractivity contribution is 7.86.